The van der Waals surface area contributed by atoms with Crippen LogP contribution in [0.4, 0.5) is 5.69 Å². The van der Waals surface area contributed by atoms with Crippen molar-refractivity contribution in [3.63, 3.8) is 0 Å². The Morgan fingerprint density at radius 2 is 2.00 bits per heavy atom. The van der Waals surface area contributed by atoms with Gasteiger partial charge in [-0.05, 0) is 17.7 Å². The van der Waals surface area contributed by atoms with Crippen LogP contribution < -0.4 is 0 Å². The van der Waals surface area contributed by atoms with Gasteiger partial charge in [0.05, 0.1) is 18.4 Å². The van der Waals surface area contributed by atoms with E-state index >= 15 is 0 Å². The molecule has 13 heavy (non-hydrogen) atoms. The van der Waals surface area contributed by atoms with Gasteiger partial charge in [-0.1, -0.05) is 12.1 Å². The van der Waals surface area contributed by atoms with Crippen LogP contribution in [0.25, 0.3) is 0 Å². The van der Waals surface area contributed by atoms with Gasteiger partial charge >= 0.3 is 0 Å². The predicted molar refractivity (Wildman–Crippen MR) is 47.4 cm³/mol. The number of rotatable bonds is 3. The predicted octanol–water partition coefficient (Wildman–Crippen LogP) is 1.79. The van der Waals surface area contributed by atoms with E-state index in [2.05, 4.69) is 10.2 Å². The minimum absolute atomic E-state index is 0.0234. The third-order valence-corrected chi connectivity index (χ3v) is 1.45. The van der Waals surface area contributed by atoms with Gasteiger partial charge in [-0.2, -0.15) is 15.5 Å². The van der Waals surface area contributed by atoms with Crippen molar-refractivity contribution >= 4 is 5.69 Å². The molecule has 0 amide bonds. The summed E-state index contributed by atoms with van der Waals surface area (Å²) >= 11 is 0. The Morgan fingerprint density at radius 3 is 2.54 bits per heavy atom. The number of nitrogens with zero attached hydrogens (tertiary/aromatic N) is 3. The summed E-state index contributed by atoms with van der Waals surface area (Å²) in [6.45, 7) is 0.0946. The molecule has 4 heteroatoms. The molecule has 66 valence electrons. The van der Waals surface area contributed by atoms with E-state index in [1.54, 1.807) is 24.3 Å². The molecule has 0 fully saturated rings. The second-order valence-corrected chi connectivity index (χ2v) is 2.38. The summed E-state index contributed by atoms with van der Waals surface area (Å²) in [5, 5.41) is 24.3. The number of azo groups is 1. The number of benzene rings is 1. The minimum atomic E-state index is 0.0234. The van der Waals surface area contributed by atoms with Crippen LogP contribution in [0.5, 0.6) is 0 Å². The maximum Gasteiger partial charge on any atom is 0.147 e. The molecule has 0 aromatic heterocycles. The third-order valence-electron chi connectivity index (χ3n) is 1.45. The summed E-state index contributed by atoms with van der Waals surface area (Å²) in [5.74, 6) is 0. The first-order chi connectivity index (χ1) is 6.36. The van der Waals surface area contributed by atoms with Crippen molar-refractivity contribution in [2.24, 2.45) is 10.2 Å². The Hall–Kier alpha value is -1.73. The molecule has 0 saturated heterocycles. The van der Waals surface area contributed by atoms with Crippen LogP contribution in [0.1, 0.15) is 5.56 Å². The highest BCUT2D eigenvalue weighted by molar-refractivity contribution is 5.37. The van der Waals surface area contributed by atoms with Crippen LogP contribution in [0.3, 0.4) is 0 Å². The SMILES string of the molecule is N#CCN=Nc1ccc(CO)cc1. The molecule has 1 aromatic carbocycles. The van der Waals surface area contributed by atoms with Gasteiger partial charge in [0.2, 0.25) is 0 Å². The third kappa shape index (κ3) is 3.01. The van der Waals surface area contributed by atoms with E-state index in [0.717, 1.165) is 5.56 Å². The van der Waals surface area contributed by atoms with Crippen LogP contribution in [0, 0.1) is 11.3 Å². The standard InChI is InChI=1S/C9H9N3O/c10-5-6-11-12-9-3-1-8(7-13)2-4-9/h1-4,13H,6-7H2. The molecule has 0 radical (unpaired) electrons. The Labute approximate surface area is 76.2 Å². The summed E-state index contributed by atoms with van der Waals surface area (Å²) < 4.78 is 0. The highest BCUT2D eigenvalue weighted by Gasteiger charge is 1.90. The lowest BCUT2D eigenvalue weighted by Crippen LogP contribution is -1.79. The van der Waals surface area contributed by atoms with Crippen LogP contribution in [0.2, 0.25) is 0 Å². The zero-order valence-corrected chi connectivity index (χ0v) is 7.01. The van der Waals surface area contributed by atoms with Crippen LogP contribution in [-0.4, -0.2) is 11.7 Å². The molecule has 1 rings (SSSR count). The fourth-order valence-corrected chi connectivity index (χ4v) is 0.817. The molecule has 0 atom stereocenters. The summed E-state index contributed by atoms with van der Waals surface area (Å²) in [4.78, 5) is 0. The number of nitriles is 1. The van der Waals surface area contributed by atoms with Gasteiger partial charge in [0.15, 0.2) is 0 Å². The van der Waals surface area contributed by atoms with Crippen molar-refractivity contribution in [2.45, 2.75) is 6.61 Å². The molecule has 4 nitrogen and oxygen atoms in total. The van der Waals surface area contributed by atoms with Crippen molar-refractivity contribution < 1.29 is 5.11 Å². The van der Waals surface area contributed by atoms with E-state index in [9.17, 15) is 0 Å². The quantitative estimate of drug-likeness (QED) is 0.562. The largest absolute Gasteiger partial charge is 0.392 e. The van der Waals surface area contributed by atoms with Gasteiger partial charge in [-0.3, -0.25) is 0 Å². The molecule has 1 N–H and O–H groups in total. The summed E-state index contributed by atoms with van der Waals surface area (Å²) in [5.41, 5.74) is 1.52. The Morgan fingerprint density at radius 1 is 1.31 bits per heavy atom. The maximum absolute atomic E-state index is 8.75. The van der Waals surface area contributed by atoms with Gasteiger partial charge in [-0.25, -0.2) is 0 Å². The Bertz CT molecular complexity index is 324. The first-order valence-corrected chi connectivity index (χ1v) is 3.81. The summed E-state index contributed by atoms with van der Waals surface area (Å²) in [6.07, 6.45) is 0. The van der Waals surface area contributed by atoms with E-state index in [-0.39, 0.29) is 13.2 Å². The zero-order chi connectivity index (χ0) is 9.52. The Balaban J connectivity index is 2.65. The van der Waals surface area contributed by atoms with Gasteiger partial charge in [0, 0.05) is 0 Å². The van der Waals surface area contributed by atoms with Gasteiger partial charge in [0.25, 0.3) is 0 Å². The van der Waals surface area contributed by atoms with E-state index in [1.165, 1.54) is 0 Å². The molecular weight excluding hydrogens is 166 g/mol. The zero-order valence-electron chi connectivity index (χ0n) is 7.01. The molecule has 0 saturated carbocycles. The highest BCUT2D eigenvalue weighted by atomic mass is 16.3. The smallest absolute Gasteiger partial charge is 0.147 e. The lowest BCUT2D eigenvalue weighted by atomic mass is 10.2. The van der Waals surface area contributed by atoms with Crippen molar-refractivity contribution in [1.82, 2.24) is 0 Å². The topological polar surface area (TPSA) is 68.7 Å². The van der Waals surface area contributed by atoms with E-state index in [4.69, 9.17) is 10.4 Å². The number of aliphatic hydroxyl groups excluding tert-OH is 1. The summed E-state index contributed by atoms with van der Waals surface area (Å²) in [7, 11) is 0. The van der Waals surface area contributed by atoms with Crippen LogP contribution in [-0.2, 0) is 6.61 Å². The second kappa shape index (κ2) is 5.01. The molecule has 0 heterocycles. The lowest BCUT2D eigenvalue weighted by molar-refractivity contribution is 0.282. The van der Waals surface area contributed by atoms with Gasteiger partial charge < -0.3 is 5.11 Å². The van der Waals surface area contributed by atoms with Crippen molar-refractivity contribution in [2.75, 3.05) is 6.54 Å². The lowest BCUT2D eigenvalue weighted by Gasteiger charge is -1.94. The fraction of sp³-hybridized carbons (Fsp3) is 0.222. The molecule has 0 aliphatic heterocycles. The Kier molecular flexibility index (Phi) is 3.61. The fourth-order valence-electron chi connectivity index (χ4n) is 0.817. The number of hydrogen-bond acceptors (Lipinski definition) is 4. The molecule has 0 bridgehead atoms. The monoisotopic (exact) mass is 175 g/mol. The van der Waals surface area contributed by atoms with Crippen molar-refractivity contribution in [3.05, 3.63) is 29.8 Å². The first kappa shape index (κ1) is 9.36. The van der Waals surface area contributed by atoms with Crippen LogP contribution in [0.15, 0.2) is 34.5 Å². The average molecular weight is 175 g/mol. The van der Waals surface area contributed by atoms with Gasteiger partial charge in [-0.15, -0.1) is 0 Å². The normalized spacial score (nSPS) is 10.2. The van der Waals surface area contributed by atoms with Gasteiger partial charge in [0.1, 0.15) is 6.54 Å². The first-order valence-electron chi connectivity index (χ1n) is 3.81. The second-order valence-electron chi connectivity index (χ2n) is 2.38. The molecule has 0 unspecified atom stereocenters. The van der Waals surface area contributed by atoms with Crippen molar-refractivity contribution in [3.8, 4) is 6.07 Å². The molecule has 1 aromatic rings. The van der Waals surface area contributed by atoms with Crippen molar-refractivity contribution in [1.29, 1.82) is 5.26 Å². The molecule has 0 aliphatic carbocycles. The number of aliphatic hydroxyl groups is 1. The molecular formula is C9H9N3O. The van der Waals surface area contributed by atoms with E-state index in [1.807, 2.05) is 6.07 Å². The minimum Gasteiger partial charge on any atom is -0.392 e. The molecule has 0 aliphatic rings. The number of hydrogen-bond donors (Lipinski definition) is 1. The highest BCUT2D eigenvalue weighted by Crippen LogP contribution is 2.13. The maximum atomic E-state index is 8.75. The average Bonchev–Trinajstić information content (AvgIpc) is 2.19. The molecule has 0 spiro atoms. The van der Waals surface area contributed by atoms with E-state index in [0.29, 0.717) is 5.69 Å². The van der Waals surface area contributed by atoms with E-state index < -0.39 is 0 Å². The van der Waals surface area contributed by atoms with Crippen LogP contribution >= 0.6 is 0 Å². The summed E-state index contributed by atoms with van der Waals surface area (Å²) in [6, 6.07) is 8.87.